The topological polar surface area (TPSA) is 75.4 Å². The van der Waals surface area contributed by atoms with Gasteiger partial charge in [0, 0.05) is 12.1 Å². The van der Waals surface area contributed by atoms with Crippen LogP contribution >= 0.6 is 0 Å². The van der Waals surface area contributed by atoms with E-state index in [4.69, 9.17) is 4.52 Å². The molecule has 5 rings (SSSR count). The minimum absolute atomic E-state index is 0.670. The molecule has 1 aliphatic carbocycles. The van der Waals surface area contributed by atoms with Crippen molar-refractivity contribution >= 4 is 11.7 Å². The maximum atomic E-state index is 11.6. The van der Waals surface area contributed by atoms with Crippen LogP contribution in [-0.4, -0.2) is 22.8 Å². The van der Waals surface area contributed by atoms with E-state index < -0.39 is 11.4 Å². The molecule has 0 aliphatic heterocycles. The number of aromatic nitrogens is 1. The van der Waals surface area contributed by atoms with E-state index in [0.29, 0.717) is 0 Å². The Kier molecular flexibility index (Phi) is 5.93. The number of carboxylic acids is 1. The number of rotatable bonds is 9. The SMILES string of the molecule is Cc1noc(-c2ccc(-c3ccc(C4(C(=O)O)CC4)cc3)cc2)c1NCCCc1ccccc1. The van der Waals surface area contributed by atoms with Gasteiger partial charge in [-0.15, -0.1) is 0 Å². The molecule has 1 fully saturated rings. The van der Waals surface area contributed by atoms with Gasteiger partial charge >= 0.3 is 5.97 Å². The predicted octanol–water partition coefficient (Wildman–Crippen LogP) is 6.48. The summed E-state index contributed by atoms with van der Waals surface area (Å²) in [6.45, 7) is 2.79. The van der Waals surface area contributed by atoms with Crippen molar-refractivity contribution in [3.8, 4) is 22.5 Å². The van der Waals surface area contributed by atoms with Gasteiger partial charge in [-0.25, -0.2) is 0 Å². The number of nitrogens with zero attached hydrogens (tertiary/aromatic N) is 1. The van der Waals surface area contributed by atoms with Gasteiger partial charge in [-0.05, 0) is 54.9 Å². The van der Waals surface area contributed by atoms with Crippen molar-refractivity contribution in [2.45, 2.75) is 38.0 Å². The Hall–Kier alpha value is -3.86. The summed E-state index contributed by atoms with van der Waals surface area (Å²) >= 11 is 0. The van der Waals surface area contributed by atoms with Crippen LogP contribution in [0, 0.1) is 6.92 Å². The molecule has 3 aromatic carbocycles. The number of aryl methyl sites for hydroxylation is 2. The number of hydrogen-bond donors (Lipinski definition) is 2. The van der Waals surface area contributed by atoms with E-state index in [1.54, 1.807) is 0 Å². The van der Waals surface area contributed by atoms with Crippen LogP contribution in [0.15, 0.2) is 83.4 Å². The van der Waals surface area contributed by atoms with Gasteiger partial charge in [0.15, 0.2) is 5.76 Å². The first kappa shape index (κ1) is 22.0. The van der Waals surface area contributed by atoms with Crippen LogP contribution in [0.2, 0.25) is 0 Å². The fourth-order valence-corrected chi connectivity index (χ4v) is 4.47. The third kappa shape index (κ3) is 4.34. The number of benzene rings is 3. The lowest BCUT2D eigenvalue weighted by Crippen LogP contribution is -2.19. The van der Waals surface area contributed by atoms with Crippen LogP contribution in [0.1, 0.15) is 36.1 Å². The molecule has 4 aromatic rings. The average Bonchev–Trinajstić information content (AvgIpc) is 3.61. The second-order valence-corrected chi connectivity index (χ2v) is 9.03. The van der Waals surface area contributed by atoms with Crippen LogP contribution in [0.5, 0.6) is 0 Å². The van der Waals surface area contributed by atoms with Crippen molar-refractivity contribution in [3.63, 3.8) is 0 Å². The van der Waals surface area contributed by atoms with Crippen LogP contribution in [-0.2, 0) is 16.6 Å². The van der Waals surface area contributed by atoms with E-state index in [1.165, 1.54) is 5.56 Å². The number of aliphatic carboxylic acids is 1. The van der Waals surface area contributed by atoms with Crippen LogP contribution in [0.3, 0.4) is 0 Å². The standard InChI is InChI=1S/C29H28N2O3/c1-20-26(30-19-5-8-21-6-3-2-4-7-21)27(34-31-20)24-11-9-22(10-12-24)23-13-15-25(16-14-23)29(17-18-29)28(32)33/h2-4,6-7,9-16,30H,5,8,17-19H2,1H3,(H,32,33). The van der Waals surface area contributed by atoms with E-state index >= 15 is 0 Å². The first-order valence-electron chi connectivity index (χ1n) is 11.8. The molecule has 1 heterocycles. The molecule has 0 amide bonds. The van der Waals surface area contributed by atoms with Gasteiger partial charge in [0.2, 0.25) is 0 Å². The molecule has 172 valence electrons. The summed E-state index contributed by atoms with van der Waals surface area (Å²) in [5, 5.41) is 17.2. The number of carboxylic acid groups (broad SMARTS) is 1. The largest absolute Gasteiger partial charge is 0.481 e. The van der Waals surface area contributed by atoms with E-state index in [2.05, 4.69) is 46.9 Å². The zero-order valence-corrected chi connectivity index (χ0v) is 19.3. The Morgan fingerprint density at radius 2 is 1.56 bits per heavy atom. The molecular weight excluding hydrogens is 424 g/mol. The summed E-state index contributed by atoms with van der Waals surface area (Å²) in [6, 6.07) is 26.6. The van der Waals surface area contributed by atoms with Gasteiger partial charge in [0.05, 0.1) is 5.41 Å². The molecule has 0 saturated heterocycles. The third-order valence-corrected chi connectivity index (χ3v) is 6.73. The molecule has 0 spiro atoms. The van der Waals surface area contributed by atoms with E-state index in [1.807, 2.05) is 49.4 Å². The Labute approximate surface area is 199 Å². The van der Waals surface area contributed by atoms with Gasteiger partial charge in [0.1, 0.15) is 11.4 Å². The van der Waals surface area contributed by atoms with Crippen molar-refractivity contribution in [1.82, 2.24) is 5.16 Å². The highest BCUT2D eigenvalue weighted by molar-refractivity contribution is 5.85. The smallest absolute Gasteiger partial charge is 0.314 e. The minimum atomic E-state index is -0.726. The molecule has 0 atom stereocenters. The summed E-state index contributed by atoms with van der Waals surface area (Å²) in [5.74, 6) is 0.0210. The summed E-state index contributed by atoms with van der Waals surface area (Å²) in [5.41, 5.74) is 6.45. The second-order valence-electron chi connectivity index (χ2n) is 9.03. The molecule has 0 unspecified atom stereocenters. The Morgan fingerprint density at radius 3 is 2.18 bits per heavy atom. The third-order valence-electron chi connectivity index (χ3n) is 6.73. The molecule has 34 heavy (non-hydrogen) atoms. The normalized spacial score (nSPS) is 14.0. The van der Waals surface area contributed by atoms with Gasteiger partial charge in [-0.2, -0.15) is 0 Å². The van der Waals surface area contributed by atoms with Crippen LogP contribution < -0.4 is 5.32 Å². The van der Waals surface area contributed by atoms with Crippen LogP contribution in [0.25, 0.3) is 22.5 Å². The first-order valence-corrected chi connectivity index (χ1v) is 11.8. The fraction of sp³-hybridized carbons (Fsp3) is 0.241. The molecule has 1 aromatic heterocycles. The van der Waals surface area contributed by atoms with Gasteiger partial charge < -0.3 is 14.9 Å². The summed E-state index contributed by atoms with van der Waals surface area (Å²) in [6.07, 6.45) is 3.48. The summed E-state index contributed by atoms with van der Waals surface area (Å²) in [7, 11) is 0. The second kappa shape index (κ2) is 9.18. The number of carbonyl (C=O) groups is 1. The monoisotopic (exact) mass is 452 g/mol. The average molecular weight is 453 g/mol. The number of anilines is 1. The molecular formula is C29H28N2O3. The lowest BCUT2D eigenvalue weighted by molar-refractivity contribution is -0.140. The predicted molar refractivity (Wildman–Crippen MR) is 134 cm³/mol. The zero-order chi connectivity index (χ0) is 23.5. The van der Waals surface area contributed by atoms with Crippen molar-refractivity contribution in [2.75, 3.05) is 11.9 Å². The lowest BCUT2D eigenvalue weighted by Gasteiger charge is -2.11. The van der Waals surface area contributed by atoms with Crippen molar-refractivity contribution in [3.05, 3.63) is 95.7 Å². The van der Waals surface area contributed by atoms with Crippen molar-refractivity contribution in [1.29, 1.82) is 0 Å². The molecule has 5 nitrogen and oxygen atoms in total. The molecule has 0 bridgehead atoms. The van der Waals surface area contributed by atoms with Gasteiger partial charge in [0.25, 0.3) is 0 Å². The highest BCUT2D eigenvalue weighted by Crippen LogP contribution is 2.48. The maximum absolute atomic E-state index is 11.6. The maximum Gasteiger partial charge on any atom is 0.314 e. The minimum Gasteiger partial charge on any atom is -0.481 e. The highest BCUT2D eigenvalue weighted by atomic mass is 16.5. The van der Waals surface area contributed by atoms with Crippen molar-refractivity contribution in [2.24, 2.45) is 0 Å². The molecule has 1 aliphatic rings. The molecule has 5 heteroatoms. The van der Waals surface area contributed by atoms with Gasteiger partial charge in [-0.1, -0.05) is 84.0 Å². The summed E-state index contributed by atoms with van der Waals surface area (Å²) in [4.78, 5) is 11.6. The lowest BCUT2D eigenvalue weighted by atomic mass is 9.93. The van der Waals surface area contributed by atoms with E-state index in [-0.39, 0.29) is 0 Å². The molecule has 0 radical (unpaired) electrons. The van der Waals surface area contributed by atoms with Gasteiger partial charge in [-0.3, -0.25) is 4.79 Å². The molecule has 1 saturated carbocycles. The quantitative estimate of drug-likeness (QED) is 0.284. The first-order chi connectivity index (χ1) is 16.6. The van der Waals surface area contributed by atoms with E-state index in [0.717, 1.165) is 71.6 Å². The highest BCUT2D eigenvalue weighted by Gasteiger charge is 2.51. The zero-order valence-electron chi connectivity index (χ0n) is 19.3. The Balaban J connectivity index is 1.26. The van der Waals surface area contributed by atoms with Crippen LogP contribution in [0.4, 0.5) is 5.69 Å². The number of hydrogen-bond acceptors (Lipinski definition) is 4. The Bertz CT molecular complexity index is 1270. The Morgan fingerprint density at radius 1 is 0.941 bits per heavy atom. The molecule has 2 N–H and O–H groups in total. The number of nitrogens with one attached hydrogen (secondary N) is 1. The fourth-order valence-electron chi connectivity index (χ4n) is 4.47. The summed E-state index contributed by atoms with van der Waals surface area (Å²) < 4.78 is 5.66. The van der Waals surface area contributed by atoms with Crippen molar-refractivity contribution < 1.29 is 14.4 Å². The van der Waals surface area contributed by atoms with E-state index in [9.17, 15) is 9.90 Å².